The Hall–Kier alpha value is -1.49. The van der Waals surface area contributed by atoms with E-state index in [1.54, 1.807) is 0 Å². The van der Waals surface area contributed by atoms with Crippen molar-refractivity contribution in [2.75, 3.05) is 13.1 Å². The van der Waals surface area contributed by atoms with Gasteiger partial charge in [0.05, 0.1) is 0 Å². The quantitative estimate of drug-likeness (QED) is 0.867. The number of hydrogen-bond acceptors (Lipinski definition) is 5. The number of nitrogens with zero attached hydrogens (tertiary/aromatic N) is 3. The number of sulfonamides is 1. The average molecular weight is 306 g/mol. The Labute approximate surface area is 124 Å². The van der Waals surface area contributed by atoms with Crippen LogP contribution in [0.25, 0.3) is 0 Å². The summed E-state index contributed by atoms with van der Waals surface area (Å²) < 4.78 is 26.8. The van der Waals surface area contributed by atoms with Crippen molar-refractivity contribution in [3.8, 4) is 6.07 Å². The molecule has 0 radical (unpaired) electrons. The predicted molar refractivity (Wildman–Crippen MR) is 76.5 cm³/mol. The van der Waals surface area contributed by atoms with Crippen LogP contribution in [0.1, 0.15) is 25.0 Å². The lowest BCUT2D eigenvalue weighted by molar-refractivity contribution is 0.260. The molecule has 1 aromatic heterocycles. The lowest BCUT2D eigenvalue weighted by Crippen LogP contribution is -2.38. The van der Waals surface area contributed by atoms with Crippen molar-refractivity contribution in [3.63, 3.8) is 0 Å². The number of nitriles is 1. The summed E-state index contributed by atoms with van der Waals surface area (Å²) in [7, 11) is -3.54. The monoisotopic (exact) mass is 306 g/mol. The maximum Gasteiger partial charge on any atom is 0.244 e. The van der Waals surface area contributed by atoms with Crippen LogP contribution in [0.4, 0.5) is 0 Å². The molecule has 21 heavy (non-hydrogen) atoms. The Morgan fingerprint density at radius 1 is 1.33 bits per heavy atom. The van der Waals surface area contributed by atoms with E-state index in [-0.39, 0.29) is 22.5 Å². The van der Waals surface area contributed by atoms with Crippen LogP contribution in [-0.4, -0.2) is 36.8 Å². The van der Waals surface area contributed by atoms with Crippen LogP contribution in [-0.2, 0) is 10.0 Å². The predicted octanol–water partition coefficient (Wildman–Crippen LogP) is 0.701. The molecular weight excluding hydrogens is 288 g/mol. The third-order valence-corrected chi connectivity index (χ3v) is 6.42. The van der Waals surface area contributed by atoms with Crippen LogP contribution in [0.5, 0.6) is 0 Å². The first-order valence-corrected chi connectivity index (χ1v) is 8.58. The van der Waals surface area contributed by atoms with E-state index in [0.717, 1.165) is 19.3 Å². The van der Waals surface area contributed by atoms with Gasteiger partial charge in [-0.05, 0) is 36.8 Å². The van der Waals surface area contributed by atoms with E-state index in [9.17, 15) is 8.42 Å². The molecule has 0 bridgehead atoms. The molecule has 3 unspecified atom stereocenters. The number of hydrogen-bond donors (Lipinski definition) is 1. The smallest absolute Gasteiger partial charge is 0.244 e. The molecule has 3 rings (SSSR count). The lowest BCUT2D eigenvalue weighted by atomic mass is 9.78. The first-order valence-electron chi connectivity index (χ1n) is 7.14. The maximum atomic E-state index is 12.6. The molecule has 1 saturated heterocycles. The molecule has 2 aliphatic rings. The summed E-state index contributed by atoms with van der Waals surface area (Å²) in [5, 5.41) is 8.73. The molecule has 7 heteroatoms. The van der Waals surface area contributed by atoms with Gasteiger partial charge in [-0.25, -0.2) is 13.4 Å². The van der Waals surface area contributed by atoms with E-state index in [1.807, 2.05) is 6.07 Å². The molecule has 0 amide bonds. The van der Waals surface area contributed by atoms with Gasteiger partial charge in [-0.3, -0.25) is 0 Å². The van der Waals surface area contributed by atoms with Gasteiger partial charge in [0.2, 0.25) is 10.0 Å². The highest BCUT2D eigenvalue weighted by molar-refractivity contribution is 7.89. The van der Waals surface area contributed by atoms with Gasteiger partial charge in [0.25, 0.3) is 0 Å². The van der Waals surface area contributed by atoms with Crippen molar-refractivity contribution in [1.82, 2.24) is 9.29 Å². The van der Waals surface area contributed by atoms with E-state index in [2.05, 4.69) is 4.98 Å². The van der Waals surface area contributed by atoms with Gasteiger partial charge < -0.3 is 5.73 Å². The minimum Gasteiger partial charge on any atom is -0.327 e. The van der Waals surface area contributed by atoms with Crippen LogP contribution in [0.15, 0.2) is 23.2 Å². The van der Waals surface area contributed by atoms with E-state index in [4.69, 9.17) is 11.0 Å². The van der Waals surface area contributed by atoms with E-state index >= 15 is 0 Å². The summed E-state index contributed by atoms with van der Waals surface area (Å²) >= 11 is 0. The van der Waals surface area contributed by atoms with Crippen molar-refractivity contribution in [3.05, 3.63) is 24.0 Å². The number of rotatable bonds is 2. The van der Waals surface area contributed by atoms with Gasteiger partial charge in [-0.15, -0.1) is 0 Å². The summed E-state index contributed by atoms with van der Waals surface area (Å²) in [5.41, 5.74) is 6.35. The van der Waals surface area contributed by atoms with Crippen molar-refractivity contribution >= 4 is 10.0 Å². The fourth-order valence-corrected chi connectivity index (χ4v) is 4.90. The second-order valence-electron chi connectivity index (χ2n) is 5.83. The van der Waals surface area contributed by atoms with Crippen molar-refractivity contribution in [2.45, 2.75) is 30.2 Å². The van der Waals surface area contributed by atoms with Gasteiger partial charge in [-0.1, -0.05) is 6.42 Å². The van der Waals surface area contributed by atoms with Crippen LogP contribution in [0.2, 0.25) is 0 Å². The molecule has 1 aromatic rings. The zero-order chi connectivity index (χ0) is 15.0. The van der Waals surface area contributed by atoms with Crippen LogP contribution in [0.3, 0.4) is 0 Å². The molecular formula is C14H18N4O2S. The summed E-state index contributed by atoms with van der Waals surface area (Å²) in [6, 6.07) is 4.87. The molecule has 2 N–H and O–H groups in total. The highest BCUT2D eigenvalue weighted by Gasteiger charge is 2.43. The minimum absolute atomic E-state index is 0.100. The molecule has 0 spiro atoms. The average Bonchev–Trinajstić information content (AvgIpc) is 2.94. The molecule has 6 nitrogen and oxygen atoms in total. The molecule has 1 aliphatic heterocycles. The van der Waals surface area contributed by atoms with Gasteiger partial charge >= 0.3 is 0 Å². The summed E-state index contributed by atoms with van der Waals surface area (Å²) in [4.78, 5) is 4.00. The highest BCUT2D eigenvalue weighted by Crippen LogP contribution is 2.37. The van der Waals surface area contributed by atoms with Crippen LogP contribution < -0.4 is 5.73 Å². The number of nitrogens with two attached hydrogens (primary N) is 1. The molecule has 1 saturated carbocycles. The van der Waals surface area contributed by atoms with Gasteiger partial charge in [0, 0.05) is 25.3 Å². The van der Waals surface area contributed by atoms with E-state index in [0.29, 0.717) is 19.0 Å². The minimum atomic E-state index is -3.54. The fraction of sp³-hybridized carbons (Fsp3) is 0.571. The van der Waals surface area contributed by atoms with Crippen LogP contribution in [0, 0.1) is 23.2 Å². The van der Waals surface area contributed by atoms with E-state index < -0.39 is 10.0 Å². The highest BCUT2D eigenvalue weighted by atomic mass is 32.2. The molecule has 2 heterocycles. The fourth-order valence-electron chi connectivity index (χ4n) is 3.42. The number of pyridine rings is 1. The van der Waals surface area contributed by atoms with E-state index in [1.165, 1.54) is 22.6 Å². The third-order valence-electron chi connectivity index (χ3n) is 4.61. The van der Waals surface area contributed by atoms with Gasteiger partial charge in [0.1, 0.15) is 16.7 Å². The standard InChI is InChI=1S/C14H18N4O2S/c15-6-11-4-5-12(7-17-11)21(19,20)18-8-10-2-1-3-14(16)13(10)9-18/h4-5,7,10,13-14H,1-3,8-9,16H2. The summed E-state index contributed by atoms with van der Waals surface area (Å²) in [6.45, 7) is 1.04. The Balaban J connectivity index is 1.84. The first-order chi connectivity index (χ1) is 10.0. The van der Waals surface area contributed by atoms with Crippen molar-refractivity contribution in [2.24, 2.45) is 17.6 Å². The first kappa shape index (κ1) is 14.4. The zero-order valence-electron chi connectivity index (χ0n) is 11.6. The van der Waals surface area contributed by atoms with Gasteiger partial charge in [-0.2, -0.15) is 9.57 Å². The summed E-state index contributed by atoms with van der Waals surface area (Å²) in [6.07, 6.45) is 4.37. The molecule has 2 fully saturated rings. The molecule has 0 aromatic carbocycles. The van der Waals surface area contributed by atoms with Crippen LogP contribution >= 0.6 is 0 Å². The Morgan fingerprint density at radius 3 is 2.76 bits per heavy atom. The van der Waals surface area contributed by atoms with Crippen molar-refractivity contribution < 1.29 is 8.42 Å². The molecule has 1 aliphatic carbocycles. The molecule has 112 valence electrons. The van der Waals surface area contributed by atoms with Crippen molar-refractivity contribution in [1.29, 1.82) is 5.26 Å². The lowest BCUT2D eigenvalue weighted by Gasteiger charge is -2.29. The Morgan fingerprint density at radius 2 is 2.14 bits per heavy atom. The maximum absolute atomic E-state index is 12.6. The largest absolute Gasteiger partial charge is 0.327 e. The second kappa shape index (κ2) is 5.37. The SMILES string of the molecule is N#Cc1ccc(S(=O)(=O)N2CC3CCCC(N)C3C2)cn1. The third kappa shape index (κ3) is 2.55. The zero-order valence-corrected chi connectivity index (χ0v) is 12.5. The number of fused-ring (bicyclic) bond motifs is 1. The second-order valence-corrected chi connectivity index (χ2v) is 7.77. The summed E-state index contributed by atoms with van der Waals surface area (Å²) in [5.74, 6) is 0.634. The Bertz CT molecular complexity index is 665. The topological polar surface area (TPSA) is 100 Å². The number of aromatic nitrogens is 1. The van der Waals surface area contributed by atoms with Gasteiger partial charge in [0.15, 0.2) is 0 Å². The normalized spacial score (nSPS) is 29.8. The molecule has 3 atom stereocenters. The Kier molecular flexibility index (Phi) is 3.69.